The molecule has 0 saturated heterocycles. The van der Waals surface area contributed by atoms with Gasteiger partial charge in [-0.2, -0.15) is 0 Å². The molecule has 7 nitrogen and oxygen atoms in total. The van der Waals surface area contributed by atoms with E-state index in [-0.39, 0.29) is 11.8 Å². The molecule has 0 aliphatic carbocycles. The van der Waals surface area contributed by atoms with Crippen LogP contribution in [-0.4, -0.2) is 25.0 Å². The van der Waals surface area contributed by atoms with Crippen LogP contribution in [0.1, 0.15) is 60.2 Å². The lowest BCUT2D eigenvalue weighted by molar-refractivity contribution is 0.101. The molecule has 224 valence electrons. The molecule has 0 bridgehead atoms. The second-order valence-corrected chi connectivity index (χ2v) is 11.5. The molecule has 4 aromatic carbocycles. The normalized spacial score (nSPS) is 10.6. The highest BCUT2D eigenvalue weighted by atomic mass is 79.9. The van der Waals surface area contributed by atoms with Gasteiger partial charge in [-0.15, -0.1) is 0 Å². The molecule has 0 aliphatic rings. The van der Waals surface area contributed by atoms with Gasteiger partial charge in [-0.1, -0.05) is 26.7 Å². The van der Waals surface area contributed by atoms with Crippen LogP contribution in [0.25, 0.3) is 0 Å². The predicted molar refractivity (Wildman–Crippen MR) is 178 cm³/mol. The molecule has 2 amide bonds. The Bertz CT molecular complexity index is 1410. The number of hydrogen-bond donors (Lipinski definition) is 2. The van der Waals surface area contributed by atoms with Crippen molar-refractivity contribution in [3.8, 4) is 23.0 Å². The number of hydrogen-bond acceptors (Lipinski definition) is 5. The summed E-state index contributed by atoms with van der Waals surface area (Å²) in [6, 6.07) is 24.8. The van der Waals surface area contributed by atoms with Crippen LogP contribution in [0, 0.1) is 0 Å². The van der Waals surface area contributed by atoms with Crippen molar-refractivity contribution in [2.75, 3.05) is 23.8 Å². The van der Waals surface area contributed by atoms with Crippen molar-refractivity contribution in [1.29, 1.82) is 0 Å². The van der Waals surface area contributed by atoms with Gasteiger partial charge in [-0.05, 0) is 130 Å². The fourth-order valence-corrected chi connectivity index (χ4v) is 4.91. The number of carbonyl (C=O) groups excluding carboxylic acids is 2. The average molecular weight is 710 g/mol. The first kappa shape index (κ1) is 32.1. The first-order valence-electron chi connectivity index (χ1n) is 14.2. The number of anilines is 2. The summed E-state index contributed by atoms with van der Waals surface area (Å²) in [7, 11) is 0. The highest BCUT2D eigenvalue weighted by molar-refractivity contribution is 9.10. The summed E-state index contributed by atoms with van der Waals surface area (Å²) in [5, 5.41) is 5.80. The van der Waals surface area contributed by atoms with Crippen LogP contribution in [0.3, 0.4) is 0 Å². The van der Waals surface area contributed by atoms with Crippen molar-refractivity contribution >= 4 is 55.0 Å². The maximum Gasteiger partial charge on any atom is 0.255 e. The maximum absolute atomic E-state index is 12.8. The van der Waals surface area contributed by atoms with Crippen molar-refractivity contribution in [1.82, 2.24) is 0 Å². The van der Waals surface area contributed by atoms with Crippen LogP contribution in [0.4, 0.5) is 11.4 Å². The SMILES string of the molecule is CCCCOc1ccc(C(=O)Nc2ccc(Oc3ccc(NC(=O)c4ccc(OCCCC)c(Br)c4)cc3)cc2)cc1Br. The van der Waals surface area contributed by atoms with E-state index in [9.17, 15) is 9.59 Å². The Hall–Kier alpha value is -3.82. The number of halogens is 2. The minimum absolute atomic E-state index is 0.226. The molecule has 0 saturated carbocycles. The summed E-state index contributed by atoms with van der Waals surface area (Å²) >= 11 is 6.97. The zero-order valence-electron chi connectivity index (χ0n) is 24.1. The molecular formula is C34H34Br2N2O5. The number of carbonyl (C=O) groups is 2. The zero-order chi connectivity index (χ0) is 30.6. The molecule has 0 radical (unpaired) electrons. The van der Waals surface area contributed by atoms with Gasteiger partial charge in [0.15, 0.2) is 0 Å². The lowest BCUT2D eigenvalue weighted by Gasteiger charge is -2.11. The molecule has 4 rings (SSSR count). The molecule has 0 aromatic heterocycles. The van der Waals surface area contributed by atoms with Gasteiger partial charge in [0, 0.05) is 22.5 Å². The third-order valence-electron chi connectivity index (χ3n) is 6.36. The van der Waals surface area contributed by atoms with E-state index in [4.69, 9.17) is 14.2 Å². The van der Waals surface area contributed by atoms with Gasteiger partial charge in [-0.3, -0.25) is 9.59 Å². The van der Waals surface area contributed by atoms with E-state index in [1.54, 1.807) is 84.9 Å². The number of amides is 2. The Balaban J connectivity index is 1.28. The van der Waals surface area contributed by atoms with Gasteiger partial charge in [0.05, 0.1) is 22.2 Å². The summed E-state index contributed by atoms with van der Waals surface area (Å²) in [5.41, 5.74) is 2.32. The highest BCUT2D eigenvalue weighted by Gasteiger charge is 2.12. The minimum atomic E-state index is -0.226. The average Bonchev–Trinajstić information content (AvgIpc) is 3.01. The van der Waals surface area contributed by atoms with Crippen LogP contribution in [0.15, 0.2) is 93.9 Å². The lowest BCUT2D eigenvalue weighted by Crippen LogP contribution is -2.12. The fourth-order valence-electron chi connectivity index (χ4n) is 3.93. The first-order valence-corrected chi connectivity index (χ1v) is 15.8. The van der Waals surface area contributed by atoms with Crippen LogP contribution in [-0.2, 0) is 0 Å². The Labute approximate surface area is 269 Å². The quantitative estimate of drug-likeness (QED) is 0.127. The third kappa shape index (κ3) is 9.59. The van der Waals surface area contributed by atoms with Crippen LogP contribution in [0.2, 0.25) is 0 Å². The van der Waals surface area contributed by atoms with Crippen LogP contribution in [0.5, 0.6) is 23.0 Å². The van der Waals surface area contributed by atoms with Crippen molar-refractivity contribution in [2.24, 2.45) is 0 Å². The number of rotatable bonds is 14. The topological polar surface area (TPSA) is 85.9 Å². The van der Waals surface area contributed by atoms with E-state index in [2.05, 4.69) is 56.3 Å². The number of nitrogens with one attached hydrogen (secondary N) is 2. The predicted octanol–water partition coefficient (Wildman–Crippen LogP) is 9.87. The van der Waals surface area contributed by atoms with Gasteiger partial charge >= 0.3 is 0 Å². The van der Waals surface area contributed by atoms with E-state index < -0.39 is 0 Å². The zero-order valence-corrected chi connectivity index (χ0v) is 27.3. The molecule has 0 aliphatic heterocycles. The maximum atomic E-state index is 12.8. The van der Waals surface area contributed by atoms with Gasteiger partial charge in [0.2, 0.25) is 0 Å². The highest BCUT2D eigenvalue weighted by Crippen LogP contribution is 2.29. The number of unbranched alkanes of at least 4 members (excludes halogenated alkanes) is 2. The molecule has 4 aromatic rings. The van der Waals surface area contributed by atoms with Crippen molar-refractivity contribution < 1.29 is 23.8 Å². The lowest BCUT2D eigenvalue weighted by atomic mass is 10.2. The molecule has 43 heavy (non-hydrogen) atoms. The fraction of sp³-hybridized carbons (Fsp3) is 0.235. The molecular weight excluding hydrogens is 676 g/mol. The van der Waals surface area contributed by atoms with E-state index in [0.29, 0.717) is 58.7 Å². The summed E-state index contributed by atoms with van der Waals surface area (Å²) in [6.45, 7) is 5.49. The Morgan fingerprint density at radius 3 is 1.35 bits per heavy atom. The van der Waals surface area contributed by atoms with E-state index >= 15 is 0 Å². The molecule has 9 heteroatoms. The Morgan fingerprint density at radius 1 is 0.605 bits per heavy atom. The van der Waals surface area contributed by atoms with Crippen LogP contribution >= 0.6 is 31.9 Å². The molecule has 0 fully saturated rings. The van der Waals surface area contributed by atoms with Crippen molar-refractivity contribution in [3.05, 3.63) is 105 Å². The first-order chi connectivity index (χ1) is 20.9. The second-order valence-electron chi connectivity index (χ2n) is 9.75. The summed E-state index contributed by atoms with van der Waals surface area (Å²) in [5.74, 6) is 2.20. The van der Waals surface area contributed by atoms with Crippen LogP contribution < -0.4 is 24.8 Å². The van der Waals surface area contributed by atoms with Gasteiger partial charge < -0.3 is 24.8 Å². The smallest absolute Gasteiger partial charge is 0.255 e. The van der Waals surface area contributed by atoms with Gasteiger partial charge in [-0.25, -0.2) is 0 Å². The molecule has 0 spiro atoms. The van der Waals surface area contributed by atoms with Crippen molar-refractivity contribution in [3.63, 3.8) is 0 Å². The Morgan fingerprint density at radius 2 is 1.00 bits per heavy atom. The van der Waals surface area contributed by atoms with Gasteiger partial charge in [0.1, 0.15) is 23.0 Å². The van der Waals surface area contributed by atoms with E-state index in [0.717, 1.165) is 34.6 Å². The standard InChI is InChI=1S/C34H34Br2N2O5/c1-3-5-19-41-31-17-7-23(21-29(31)35)33(39)37-25-9-13-27(14-10-25)43-28-15-11-26(12-16-28)38-34(40)24-8-18-32(30(36)22-24)42-20-6-4-2/h7-18,21-22H,3-6,19-20H2,1-2H3,(H,37,39)(H,38,40). The van der Waals surface area contributed by atoms with Crippen molar-refractivity contribution in [2.45, 2.75) is 39.5 Å². The molecule has 0 heterocycles. The van der Waals surface area contributed by atoms with Gasteiger partial charge in [0.25, 0.3) is 11.8 Å². The monoisotopic (exact) mass is 708 g/mol. The summed E-state index contributed by atoms with van der Waals surface area (Å²) in [6.07, 6.45) is 4.06. The third-order valence-corrected chi connectivity index (χ3v) is 7.60. The second kappa shape index (κ2) is 16.1. The summed E-state index contributed by atoms with van der Waals surface area (Å²) < 4.78 is 18.9. The minimum Gasteiger partial charge on any atom is -0.492 e. The Kier molecular flexibility index (Phi) is 12.1. The molecule has 0 unspecified atom stereocenters. The largest absolute Gasteiger partial charge is 0.492 e. The molecule has 2 N–H and O–H groups in total. The van der Waals surface area contributed by atoms with E-state index in [1.165, 1.54) is 0 Å². The molecule has 0 atom stereocenters. The number of ether oxygens (including phenoxy) is 3. The summed E-state index contributed by atoms with van der Waals surface area (Å²) in [4.78, 5) is 25.5. The van der Waals surface area contributed by atoms with E-state index in [1.807, 2.05) is 0 Å². The number of benzene rings is 4.